The molecule has 24 heavy (non-hydrogen) atoms. The van der Waals surface area contributed by atoms with Crippen molar-refractivity contribution in [2.45, 2.75) is 0 Å². The van der Waals surface area contributed by atoms with Gasteiger partial charge in [-0.05, 0) is 24.3 Å². The van der Waals surface area contributed by atoms with Crippen molar-refractivity contribution in [1.82, 2.24) is 10.2 Å². The van der Waals surface area contributed by atoms with Crippen molar-refractivity contribution >= 4 is 45.6 Å². The van der Waals surface area contributed by atoms with E-state index in [2.05, 4.69) is 15.5 Å². The van der Waals surface area contributed by atoms with Crippen molar-refractivity contribution in [3.63, 3.8) is 0 Å². The Morgan fingerprint density at radius 2 is 1.71 bits per heavy atom. The lowest BCUT2D eigenvalue weighted by molar-refractivity contribution is 0.102. The minimum absolute atomic E-state index is 0.175. The molecule has 0 saturated heterocycles. The van der Waals surface area contributed by atoms with Crippen LogP contribution < -0.4 is 5.32 Å². The second-order valence-electron chi connectivity index (χ2n) is 4.75. The lowest BCUT2D eigenvalue weighted by atomic mass is 10.2. The van der Waals surface area contributed by atoms with Crippen LogP contribution in [0.15, 0.2) is 54.6 Å². The highest BCUT2D eigenvalue weighted by Crippen LogP contribution is 2.26. The molecule has 0 unspecified atom stereocenters. The van der Waals surface area contributed by atoms with Crippen molar-refractivity contribution in [3.8, 4) is 0 Å². The molecule has 1 aromatic heterocycles. The first-order chi connectivity index (χ1) is 11.6. The average molecular weight is 360 g/mol. The summed E-state index contributed by atoms with van der Waals surface area (Å²) in [6, 6.07) is 15.3. The smallest absolute Gasteiger partial charge is 0.286 e. The van der Waals surface area contributed by atoms with Gasteiger partial charge in [-0.2, -0.15) is 0 Å². The molecular formula is C17H11ClFN3OS. The molecule has 1 amide bonds. The molecule has 0 saturated carbocycles. The number of nitrogens with one attached hydrogen (secondary N) is 1. The van der Waals surface area contributed by atoms with Crippen LogP contribution in [0.3, 0.4) is 0 Å². The Balaban J connectivity index is 1.78. The molecule has 0 aliphatic carbocycles. The molecule has 0 radical (unpaired) electrons. The van der Waals surface area contributed by atoms with Gasteiger partial charge in [0.05, 0.1) is 5.03 Å². The van der Waals surface area contributed by atoms with E-state index in [0.29, 0.717) is 16.3 Å². The van der Waals surface area contributed by atoms with Gasteiger partial charge in [-0.25, -0.2) is 4.39 Å². The first-order valence-corrected chi connectivity index (χ1v) is 8.15. The highest BCUT2D eigenvalue weighted by atomic mass is 35.5. The zero-order valence-corrected chi connectivity index (χ0v) is 13.8. The van der Waals surface area contributed by atoms with Gasteiger partial charge in [-0.1, -0.05) is 59.3 Å². The maximum absolute atomic E-state index is 13.6. The molecule has 0 fully saturated rings. The fraction of sp³-hybridized carbons (Fsp3) is 0. The minimum atomic E-state index is -0.387. The third-order valence-corrected chi connectivity index (χ3v) is 4.40. The molecule has 1 N–H and O–H groups in total. The van der Waals surface area contributed by atoms with Gasteiger partial charge in [0.15, 0.2) is 5.01 Å². The molecule has 2 aromatic carbocycles. The average Bonchev–Trinajstić information content (AvgIpc) is 3.08. The lowest BCUT2D eigenvalue weighted by Gasteiger charge is -2.00. The van der Waals surface area contributed by atoms with E-state index < -0.39 is 0 Å². The Hall–Kier alpha value is -2.57. The molecule has 0 aliphatic rings. The van der Waals surface area contributed by atoms with Gasteiger partial charge < -0.3 is 5.32 Å². The third-order valence-electron chi connectivity index (χ3n) is 3.04. The fourth-order valence-corrected chi connectivity index (χ4v) is 2.83. The van der Waals surface area contributed by atoms with Crippen LogP contribution in [0.25, 0.3) is 11.1 Å². The molecule has 0 bridgehead atoms. The van der Waals surface area contributed by atoms with Crippen molar-refractivity contribution < 1.29 is 9.18 Å². The number of anilines is 1. The van der Waals surface area contributed by atoms with E-state index in [1.54, 1.807) is 30.3 Å². The van der Waals surface area contributed by atoms with E-state index in [0.717, 1.165) is 11.3 Å². The lowest BCUT2D eigenvalue weighted by Crippen LogP contribution is -2.11. The summed E-state index contributed by atoms with van der Waals surface area (Å²) in [6.07, 6.45) is 1.45. The molecule has 0 atom stereocenters. The van der Waals surface area contributed by atoms with Gasteiger partial charge in [0.2, 0.25) is 5.01 Å². The van der Waals surface area contributed by atoms with E-state index in [1.807, 2.05) is 18.2 Å². The molecule has 3 rings (SSSR count). The second-order valence-corrected chi connectivity index (χ2v) is 6.13. The van der Waals surface area contributed by atoms with Crippen LogP contribution in [0, 0.1) is 5.82 Å². The summed E-state index contributed by atoms with van der Waals surface area (Å²) in [5.41, 5.74) is 1.00. The number of benzene rings is 2. The standard InChI is InChI=1S/C17H11ClFN3OS/c18-13(10-11-6-4-5-9-14(11)19)16-21-22-17(24-16)15(23)20-12-7-2-1-3-8-12/h1-10H,(H,20,23)/b13-10+. The largest absolute Gasteiger partial charge is 0.320 e. The predicted octanol–water partition coefficient (Wildman–Crippen LogP) is 4.67. The first kappa shape index (κ1) is 16.3. The maximum Gasteiger partial charge on any atom is 0.286 e. The summed E-state index contributed by atoms with van der Waals surface area (Å²) in [6.45, 7) is 0. The molecule has 1 heterocycles. The Morgan fingerprint density at radius 3 is 2.46 bits per heavy atom. The molecule has 120 valence electrons. The van der Waals surface area contributed by atoms with Gasteiger partial charge in [0.25, 0.3) is 5.91 Å². The van der Waals surface area contributed by atoms with Crippen molar-refractivity contribution in [2.75, 3.05) is 5.32 Å². The number of rotatable bonds is 4. The molecule has 3 aromatic rings. The Morgan fingerprint density at radius 1 is 1.04 bits per heavy atom. The molecule has 0 spiro atoms. The number of nitrogens with zero attached hydrogens (tertiary/aromatic N) is 2. The van der Waals surface area contributed by atoms with E-state index in [-0.39, 0.29) is 21.8 Å². The predicted molar refractivity (Wildman–Crippen MR) is 94.4 cm³/mol. The van der Waals surface area contributed by atoms with Gasteiger partial charge in [-0.15, -0.1) is 10.2 Å². The van der Waals surface area contributed by atoms with Gasteiger partial charge >= 0.3 is 0 Å². The molecule has 4 nitrogen and oxygen atoms in total. The summed E-state index contributed by atoms with van der Waals surface area (Å²) in [4.78, 5) is 12.1. The number of para-hydroxylation sites is 1. The van der Waals surface area contributed by atoms with Gasteiger partial charge in [0.1, 0.15) is 5.82 Å². The molecule has 7 heteroatoms. The quantitative estimate of drug-likeness (QED) is 0.736. The number of carbonyl (C=O) groups is 1. The van der Waals surface area contributed by atoms with Crippen LogP contribution in [0.5, 0.6) is 0 Å². The van der Waals surface area contributed by atoms with Crippen LogP contribution in [-0.4, -0.2) is 16.1 Å². The molecule has 0 aliphatic heterocycles. The maximum atomic E-state index is 13.6. The first-order valence-electron chi connectivity index (χ1n) is 6.95. The zero-order chi connectivity index (χ0) is 16.9. The summed E-state index contributed by atoms with van der Waals surface area (Å²) < 4.78 is 13.6. The van der Waals surface area contributed by atoms with Crippen molar-refractivity contribution in [1.29, 1.82) is 0 Å². The Kier molecular flexibility index (Phi) is 4.98. The summed E-state index contributed by atoms with van der Waals surface area (Å²) >= 11 is 7.20. The minimum Gasteiger partial charge on any atom is -0.320 e. The third kappa shape index (κ3) is 3.84. The van der Waals surface area contributed by atoms with Crippen LogP contribution >= 0.6 is 22.9 Å². The number of halogens is 2. The van der Waals surface area contributed by atoms with E-state index in [9.17, 15) is 9.18 Å². The fourth-order valence-electron chi connectivity index (χ4n) is 1.91. The van der Waals surface area contributed by atoms with Crippen LogP contribution in [0.1, 0.15) is 20.4 Å². The monoisotopic (exact) mass is 359 g/mol. The van der Waals surface area contributed by atoms with Gasteiger partial charge in [-0.3, -0.25) is 4.79 Å². The van der Waals surface area contributed by atoms with Crippen LogP contribution in [0.2, 0.25) is 0 Å². The Labute approximate surface area is 146 Å². The summed E-state index contributed by atoms with van der Waals surface area (Å²) in [7, 11) is 0. The van der Waals surface area contributed by atoms with E-state index in [4.69, 9.17) is 11.6 Å². The summed E-state index contributed by atoms with van der Waals surface area (Å²) in [5, 5.41) is 11.2. The Bertz CT molecular complexity index is 896. The van der Waals surface area contributed by atoms with E-state index in [1.165, 1.54) is 12.1 Å². The van der Waals surface area contributed by atoms with Crippen LogP contribution in [0.4, 0.5) is 10.1 Å². The van der Waals surface area contributed by atoms with Crippen molar-refractivity contribution in [3.05, 3.63) is 76.0 Å². The number of hydrogen-bond acceptors (Lipinski definition) is 4. The number of amides is 1. The molecular weight excluding hydrogens is 349 g/mol. The van der Waals surface area contributed by atoms with Crippen molar-refractivity contribution in [2.24, 2.45) is 0 Å². The summed E-state index contributed by atoms with van der Waals surface area (Å²) in [5.74, 6) is -0.762. The second kappa shape index (κ2) is 7.33. The SMILES string of the molecule is O=C(Nc1ccccc1)c1nnc(/C(Cl)=C\c2ccccc2F)s1. The normalized spacial score (nSPS) is 11.3. The van der Waals surface area contributed by atoms with Crippen LogP contribution in [-0.2, 0) is 0 Å². The topological polar surface area (TPSA) is 54.9 Å². The highest BCUT2D eigenvalue weighted by molar-refractivity contribution is 7.15. The zero-order valence-electron chi connectivity index (χ0n) is 12.2. The highest BCUT2D eigenvalue weighted by Gasteiger charge is 2.15. The van der Waals surface area contributed by atoms with Gasteiger partial charge in [0, 0.05) is 11.3 Å². The number of carbonyl (C=O) groups excluding carboxylic acids is 1. The number of aromatic nitrogens is 2. The number of hydrogen-bond donors (Lipinski definition) is 1. The van der Waals surface area contributed by atoms with E-state index >= 15 is 0 Å².